The van der Waals surface area contributed by atoms with E-state index in [2.05, 4.69) is 33.3 Å². The number of anilines is 1. The third-order valence-corrected chi connectivity index (χ3v) is 3.21. The van der Waals surface area contributed by atoms with Crippen molar-refractivity contribution in [3.8, 4) is 0 Å². The summed E-state index contributed by atoms with van der Waals surface area (Å²) in [5.41, 5.74) is 0. The number of unbranched alkanes of at least 4 members (excludes halogenated alkanes) is 2. The molecule has 0 aliphatic rings. The van der Waals surface area contributed by atoms with Crippen LogP contribution in [0, 0.1) is 0 Å². The molecule has 0 aromatic carbocycles. The van der Waals surface area contributed by atoms with Crippen molar-refractivity contribution in [3.05, 3.63) is 5.82 Å². The van der Waals surface area contributed by atoms with Crippen molar-refractivity contribution in [2.24, 2.45) is 0 Å². The molecule has 0 saturated heterocycles. The van der Waals surface area contributed by atoms with Crippen molar-refractivity contribution in [3.63, 3.8) is 0 Å². The van der Waals surface area contributed by atoms with Crippen LogP contribution in [-0.4, -0.2) is 29.0 Å². The van der Waals surface area contributed by atoms with E-state index in [-0.39, 0.29) is 5.97 Å². The second-order valence-electron chi connectivity index (χ2n) is 4.43. The first-order chi connectivity index (χ1) is 8.63. The van der Waals surface area contributed by atoms with Gasteiger partial charge in [0.25, 0.3) is 0 Å². The number of hydrogen-bond acceptors (Lipinski definition) is 6. The molecule has 0 radical (unpaired) electrons. The molecular formula is C12H21N3O2S. The molecule has 102 valence electrons. The van der Waals surface area contributed by atoms with E-state index in [0.717, 1.165) is 36.8 Å². The summed E-state index contributed by atoms with van der Waals surface area (Å²) in [5.74, 6) is 1.14. The fourth-order valence-electron chi connectivity index (χ4n) is 1.41. The van der Waals surface area contributed by atoms with Gasteiger partial charge >= 0.3 is 5.97 Å². The Morgan fingerprint density at radius 2 is 2.17 bits per heavy atom. The average Bonchev–Trinajstić information content (AvgIpc) is 2.82. The van der Waals surface area contributed by atoms with Crippen LogP contribution >= 0.6 is 11.5 Å². The van der Waals surface area contributed by atoms with Gasteiger partial charge in [0.2, 0.25) is 5.13 Å². The van der Waals surface area contributed by atoms with E-state index in [1.165, 1.54) is 18.6 Å². The lowest BCUT2D eigenvalue weighted by Gasteiger charge is -2.02. The van der Waals surface area contributed by atoms with Crippen molar-refractivity contribution < 1.29 is 9.53 Å². The highest BCUT2D eigenvalue weighted by atomic mass is 32.1. The fraction of sp³-hybridized carbons (Fsp3) is 0.750. The Hall–Kier alpha value is -1.17. The Morgan fingerprint density at radius 3 is 2.78 bits per heavy atom. The zero-order valence-corrected chi connectivity index (χ0v) is 12.0. The summed E-state index contributed by atoms with van der Waals surface area (Å²) >= 11 is 1.40. The molecule has 0 bridgehead atoms. The Morgan fingerprint density at radius 1 is 1.39 bits per heavy atom. The van der Waals surface area contributed by atoms with Gasteiger partial charge in [-0.25, -0.2) is 4.98 Å². The van der Waals surface area contributed by atoms with E-state index in [9.17, 15) is 4.79 Å². The first-order valence-corrected chi connectivity index (χ1v) is 7.05. The van der Waals surface area contributed by atoms with E-state index in [1.807, 2.05) is 0 Å². The lowest BCUT2D eigenvalue weighted by atomic mass is 10.2. The maximum absolute atomic E-state index is 10.9. The van der Waals surface area contributed by atoms with Crippen molar-refractivity contribution >= 4 is 22.6 Å². The number of esters is 1. The molecule has 0 fully saturated rings. The highest BCUT2D eigenvalue weighted by Crippen LogP contribution is 2.17. The maximum atomic E-state index is 10.9. The number of carbonyl (C=O) groups is 1. The third-order valence-electron chi connectivity index (χ3n) is 2.52. The average molecular weight is 271 g/mol. The van der Waals surface area contributed by atoms with E-state index < -0.39 is 0 Å². The number of carbonyl (C=O) groups excluding carboxylic acids is 1. The molecule has 0 amide bonds. The Balaban J connectivity index is 2.08. The van der Waals surface area contributed by atoms with Crippen molar-refractivity contribution in [2.45, 2.75) is 45.4 Å². The summed E-state index contributed by atoms with van der Waals surface area (Å²) in [5, 5.41) is 4.13. The monoisotopic (exact) mass is 271 g/mol. The van der Waals surface area contributed by atoms with E-state index in [4.69, 9.17) is 0 Å². The van der Waals surface area contributed by atoms with Gasteiger partial charge in [0.15, 0.2) is 0 Å². The number of rotatable bonds is 8. The highest BCUT2D eigenvalue weighted by Gasteiger charge is 2.06. The summed E-state index contributed by atoms with van der Waals surface area (Å²) in [6.07, 6.45) is 3.42. The van der Waals surface area contributed by atoms with Crippen LogP contribution in [-0.2, 0) is 9.53 Å². The van der Waals surface area contributed by atoms with Crippen LogP contribution in [0.3, 0.4) is 0 Å². The van der Waals surface area contributed by atoms with E-state index in [1.54, 1.807) is 0 Å². The maximum Gasteiger partial charge on any atom is 0.305 e. The van der Waals surface area contributed by atoms with Gasteiger partial charge in [-0.15, -0.1) is 0 Å². The molecule has 0 aliphatic heterocycles. The molecule has 18 heavy (non-hydrogen) atoms. The standard InChI is InChI=1S/C12H21N3O2S/c1-9(2)11-14-12(18-15-11)13-8-6-4-5-7-10(16)17-3/h9H,4-8H2,1-3H3,(H,13,14,15). The van der Waals surface area contributed by atoms with Crippen LogP contribution in [0.15, 0.2) is 0 Å². The lowest BCUT2D eigenvalue weighted by molar-refractivity contribution is -0.140. The SMILES string of the molecule is COC(=O)CCCCCNc1nc(C(C)C)ns1. The minimum atomic E-state index is -0.131. The molecule has 1 rings (SSSR count). The Bertz CT molecular complexity index is 366. The molecule has 1 aromatic rings. The number of aromatic nitrogens is 2. The Kier molecular flexibility index (Phi) is 6.64. The summed E-state index contributed by atoms with van der Waals surface area (Å²) in [4.78, 5) is 15.3. The van der Waals surface area contributed by atoms with Crippen molar-refractivity contribution in [1.29, 1.82) is 0 Å². The number of ether oxygens (including phenoxy) is 1. The van der Waals surface area contributed by atoms with Crippen molar-refractivity contribution in [1.82, 2.24) is 9.36 Å². The molecule has 0 atom stereocenters. The van der Waals surface area contributed by atoms with Crippen molar-refractivity contribution in [2.75, 3.05) is 19.0 Å². The first-order valence-electron chi connectivity index (χ1n) is 6.27. The molecular weight excluding hydrogens is 250 g/mol. The molecule has 0 spiro atoms. The topological polar surface area (TPSA) is 64.1 Å². The van der Waals surface area contributed by atoms with E-state index in [0.29, 0.717) is 12.3 Å². The zero-order chi connectivity index (χ0) is 13.4. The van der Waals surface area contributed by atoms with Gasteiger partial charge in [-0.1, -0.05) is 20.3 Å². The smallest absolute Gasteiger partial charge is 0.305 e. The quantitative estimate of drug-likeness (QED) is 0.582. The molecule has 1 heterocycles. The summed E-state index contributed by atoms with van der Waals surface area (Å²) in [6.45, 7) is 5.03. The number of hydrogen-bond donors (Lipinski definition) is 1. The van der Waals surface area contributed by atoms with Gasteiger partial charge in [0, 0.05) is 30.4 Å². The molecule has 6 heteroatoms. The lowest BCUT2D eigenvalue weighted by Crippen LogP contribution is -2.03. The third kappa shape index (κ3) is 5.44. The first kappa shape index (κ1) is 14.9. The number of nitrogens with one attached hydrogen (secondary N) is 1. The van der Waals surface area contributed by atoms with Gasteiger partial charge in [0.1, 0.15) is 5.82 Å². The van der Waals surface area contributed by atoms with Crippen LogP contribution in [0.2, 0.25) is 0 Å². The minimum absolute atomic E-state index is 0.131. The van der Waals surface area contributed by atoms with E-state index >= 15 is 0 Å². The van der Waals surface area contributed by atoms with Crippen LogP contribution in [0.25, 0.3) is 0 Å². The predicted molar refractivity (Wildman–Crippen MR) is 73.0 cm³/mol. The van der Waals surface area contributed by atoms with Gasteiger partial charge < -0.3 is 10.1 Å². The Labute approximate surface area is 112 Å². The van der Waals surface area contributed by atoms with Gasteiger partial charge in [0.05, 0.1) is 7.11 Å². The largest absolute Gasteiger partial charge is 0.469 e. The second-order valence-corrected chi connectivity index (χ2v) is 5.18. The minimum Gasteiger partial charge on any atom is -0.469 e. The van der Waals surface area contributed by atoms with Crippen LogP contribution < -0.4 is 5.32 Å². The normalized spacial score (nSPS) is 10.7. The molecule has 0 saturated carbocycles. The van der Waals surface area contributed by atoms with Gasteiger partial charge in [-0.2, -0.15) is 4.37 Å². The fourth-order valence-corrected chi connectivity index (χ4v) is 2.14. The summed E-state index contributed by atoms with van der Waals surface area (Å²) in [7, 11) is 1.42. The highest BCUT2D eigenvalue weighted by molar-refractivity contribution is 7.09. The van der Waals surface area contributed by atoms with Gasteiger partial charge in [-0.3, -0.25) is 4.79 Å². The molecule has 0 aliphatic carbocycles. The van der Waals surface area contributed by atoms with Crippen LogP contribution in [0.4, 0.5) is 5.13 Å². The molecule has 5 nitrogen and oxygen atoms in total. The second kappa shape index (κ2) is 8.02. The molecule has 1 N–H and O–H groups in total. The van der Waals surface area contributed by atoms with Gasteiger partial charge in [-0.05, 0) is 12.8 Å². The molecule has 1 aromatic heterocycles. The zero-order valence-electron chi connectivity index (χ0n) is 11.2. The van der Waals surface area contributed by atoms with Crippen LogP contribution in [0.1, 0.15) is 51.3 Å². The predicted octanol–water partition coefficient (Wildman–Crippen LogP) is 2.81. The summed E-state index contributed by atoms with van der Waals surface area (Å²) < 4.78 is 8.85. The number of nitrogens with zero attached hydrogens (tertiary/aromatic N) is 2. The summed E-state index contributed by atoms with van der Waals surface area (Å²) in [6, 6.07) is 0. The molecule has 0 unspecified atom stereocenters. The number of methoxy groups -OCH3 is 1. The van der Waals surface area contributed by atoms with Crippen LogP contribution in [0.5, 0.6) is 0 Å².